The van der Waals surface area contributed by atoms with Crippen molar-refractivity contribution in [1.82, 2.24) is 0 Å². The van der Waals surface area contributed by atoms with Gasteiger partial charge in [-0.2, -0.15) is 0 Å². The van der Waals surface area contributed by atoms with Crippen LogP contribution in [0.4, 0.5) is 0 Å². The average Bonchev–Trinajstić information content (AvgIpc) is 3.06. The smallest absolute Gasteiger partial charge is 0.337 e. The van der Waals surface area contributed by atoms with E-state index in [4.69, 9.17) is 28.1 Å². The van der Waals surface area contributed by atoms with Gasteiger partial charge in [0, 0.05) is 5.41 Å². The van der Waals surface area contributed by atoms with E-state index in [1.165, 1.54) is 7.11 Å². The van der Waals surface area contributed by atoms with E-state index in [0.717, 1.165) is 22.4 Å². The zero-order valence-electron chi connectivity index (χ0n) is 29.5. The van der Waals surface area contributed by atoms with Gasteiger partial charge in [-0.15, -0.1) is 0 Å². The molecule has 0 saturated carbocycles. The van der Waals surface area contributed by atoms with Gasteiger partial charge in [0.05, 0.1) is 52.9 Å². The van der Waals surface area contributed by atoms with Crippen molar-refractivity contribution in [2.24, 2.45) is 5.41 Å². The van der Waals surface area contributed by atoms with Crippen LogP contribution in [0.3, 0.4) is 0 Å². The molecule has 9 heteroatoms. The number of aliphatic hydroxyl groups excluding tert-OH is 1. The second kappa shape index (κ2) is 17.4. The Morgan fingerprint density at radius 1 is 0.723 bits per heavy atom. The monoisotopic (exact) mass is 666 g/mol. The van der Waals surface area contributed by atoms with Gasteiger partial charge in [0.2, 0.25) is 0 Å². The number of benzene rings is 3. The molecule has 0 saturated heterocycles. The van der Waals surface area contributed by atoms with E-state index >= 15 is 0 Å². The molecule has 0 radical (unpaired) electrons. The van der Waals surface area contributed by atoms with Crippen LogP contribution in [-0.4, -0.2) is 64.6 Å². The molecule has 4 atom stereocenters. The van der Waals surface area contributed by atoms with Crippen molar-refractivity contribution in [2.45, 2.75) is 97.0 Å². The highest BCUT2D eigenvalue weighted by Gasteiger charge is 2.49. The molecule has 0 aromatic heterocycles. The Morgan fingerprint density at radius 3 is 1.70 bits per heavy atom. The largest absolute Gasteiger partial charge is 0.497 e. The Kier molecular flexibility index (Phi) is 14.2. The van der Waals surface area contributed by atoms with E-state index in [1.807, 2.05) is 98.8 Å². The third-order valence-corrected chi connectivity index (χ3v) is 13.6. The van der Waals surface area contributed by atoms with Crippen molar-refractivity contribution in [1.29, 1.82) is 0 Å². The Hall–Kier alpha value is -3.05. The fourth-order valence-electron chi connectivity index (χ4n) is 4.94. The minimum Gasteiger partial charge on any atom is -0.497 e. The van der Waals surface area contributed by atoms with Gasteiger partial charge in [-0.1, -0.05) is 107 Å². The second-order valence-corrected chi connectivity index (χ2v) is 18.8. The summed E-state index contributed by atoms with van der Waals surface area (Å²) in [4.78, 5) is 13.1. The first-order valence-electron chi connectivity index (χ1n) is 16.1. The van der Waals surface area contributed by atoms with E-state index in [9.17, 15) is 9.90 Å². The SMILES string of the molecule is COC(=O)[C@@H](OCc1ccccc1)[C@H](O)C(C)(C)[C@@H](OCc1ccc(OC)cc1)[C@H](CO[Si](C)(C)C(C)(C)C)OCc1ccccc1. The van der Waals surface area contributed by atoms with Crippen molar-refractivity contribution >= 4 is 14.3 Å². The molecule has 0 unspecified atom stereocenters. The van der Waals surface area contributed by atoms with Crippen LogP contribution in [0.2, 0.25) is 18.1 Å². The lowest BCUT2D eigenvalue weighted by molar-refractivity contribution is -0.201. The summed E-state index contributed by atoms with van der Waals surface area (Å²) < 4.78 is 36.6. The van der Waals surface area contributed by atoms with Gasteiger partial charge in [0.1, 0.15) is 11.9 Å². The molecule has 3 rings (SSSR count). The molecule has 0 heterocycles. The number of ether oxygens (including phenoxy) is 5. The second-order valence-electron chi connectivity index (χ2n) is 14.0. The van der Waals surface area contributed by atoms with Crippen LogP contribution in [0.5, 0.6) is 5.75 Å². The molecule has 0 fully saturated rings. The lowest BCUT2D eigenvalue weighted by atomic mass is 9.76. The Morgan fingerprint density at radius 2 is 1.21 bits per heavy atom. The molecule has 0 spiro atoms. The van der Waals surface area contributed by atoms with Gasteiger partial charge < -0.3 is 33.2 Å². The van der Waals surface area contributed by atoms with Crippen LogP contribution in [-0.2, 0) is 48.0 Å². The van der Waals surface area contributed by atoms with E-state index in [-0.39, 0.29) is 24.9 Å². The first-order chi connectivity index (χ1) is 22.2. The fraction of sp³-hybridized carbons (Fsp3) is 0.500. The maximum Gasteiger partial charge on any atom is 0.337 e. The third-order valence-electron chi connectivity index (χ3n) is 9.14. The number of rotatable bonds is 18. The molecule has 3 aromatic carbocycles. The van der Waals surface area contributed by atoms with E-state index in [1.54, 1.807) is 7.11 Å². The highest BCUT2D eigenvalue weighted by Crippen LogP contribution is 2.39. The quantitative estimate of drug-likeness (QED) is 0.111. The van der Waals surface area contributed by atoms with Crippen LogP contribution < -0.4 is 4.74 Å². The predicted molar refractivity (Wildman–Crippen MR) is 187 cm³/mol. The molecule has 0 bridgehead atoms. The van der Waals surface area contributed by atoms with Crippen molar-refractivity contribution in [3.63, 3.8) is 0 Å². The van der Waals surface area contributed by atoms with Crippen LogP contribution in [0, 0.1) is 5.41 Å². The minimum absolute atomic E-state index is 0.0350. The summed E-state index contributed by atoms with van der Waals surface area (Å²) in [5.74, 6) is 0.0686. The first kappa shape index (κ1) is 38.4. The molecule has 47 heavy (non-hydrogen) atoms. The Bertz CT molecular complexity index is 1340. The molecule has 0 aliphatic heterocycles. The molecular formula is C38H54O8Si. The maximum atomic E-state index is 13.1. The van der Waals surface area contributed by atoms with Crippen LogP contribution in [0.1, 0.15) is 51.3 Å². The van der Waals surface area contributed by atoms with Gasteiger partial charge in [0.15, 0.2) is 14.4 Å². The number of methoxy groups -OCH3 is 2. The summed E-state index contributed by atoms with van der Waals surface area (Å²) in [6.07, 6.45) is -3.95. The summed E-state index contributed by atoms with van der Waals surface area (Å²) in [6.45, 7) is 15.6. The zero-order valence-corrected chi connectivity index (χ0v) is 30.5. The number of aliphatic hydroxyl groups is 1. The average molecular weight is 667 g/mol. The summed E-state index contributed by atoms with van der Waals surface area (Å²) in [5, 5.41) is 12.0. The Labute approximate surface area is 282 Å². The van der Waals surface area contributed by atoms with Crippen molar-refractivity contribution < 1.29 is 38.0 Å². The molecule has 258 valence electrons. The molecule has 3 aromatic rings. The van der Waals surface area contributed by atoms with Gasteiger partial charge >= 0.3 is 5.97 Å². The lowest BCUT2D eigenvalue weighted by Crippen LogP contribution is -2.57. The number of carbonyl (C=O) groups is 1. The maximum absolute atomic E-state index is 13.1. The molecule has 0 amide bonds. The van der Waals surface area contributed by atoms with Gasteiger partial charge in [-0.05, 0) is 47.0 Å². The number of hydrogen-bond acceptors (Lipinski definition) is 8. The van der Waals surface area contributed by atoms with E-state index in [2.05, 4.69) is 33.9 Å². The van der Waals surface area contributed by atoms with Gasteiger partial charge in [0.25, 0.3) is 0 Å². The normalized spacial score (nSPS) is 15.0. The minimum atomic E-state index is -2.21. The molecule has 0 aliphatic carbocycles. The topological polar surface area (TPSA) is 92.7 Å². The molecule has 8 nitrogen and oxygen atoms in total. The predicted octanol–water partition coefficient (Wildman–Crippen LogP) is 7.33. The molecular weight excluding hydrogens is 612 g/mol. The summed E-state index contributed by atoms with van der Waals surface area (Å²) in [6, 6.07) is 27.0. The summed E-state index contributed by atoms with van der Waals surface area (Å²) in [7, 11) is 0.702. The van der Waals surface area contributed by atoms with Gasteiger partial charge in [-0.3, -0.25) is 0 Å². The zero-order chi connectivity index (χ0) is 34.7. The molecule has 0 aliphatic rings. The summed E-state index contributed by atoms with van der Waals surface area (Å²) >= 11 is 0. The third kappa shape index (κ3) is 11.0. The van der Waals surface area contributed by atoms with Crippen LogP contribution >= 0.6 is 0 Å². The van der Waals surface area contributed by atoms with Crippen molar-refractivity contribution in [3.8, 4) is 5.75 Å². The number of esters is 1. The molecule has 1 N–H and O–H groups in total. The van der Waals surface area contributed by atoms with E-state index < -0.39 is 44.1 Å². The standard InChI is InChI=1S/C38H54O8Si/c1-37(2,3)47(8,9)46-27-32(43-24-28-16-12-10-13-17-28)35(45-26-30-20-22-31(41-6)23-21-30)38(4,5)34(39)33(36(40)42-7)44-25-29-18-14-11-15-19-29/h10-23,32-35,39H,24-27H2,1-9H3/t32-,33-,34-,35-/m0/s1. The van der Waals surface area contributed by atoms with Crippen molar-refractivity contribution in [2.75, 3.05) is 20.8 Å². The van der Waals surface area contributed by atoms with Crippen LogP contribution in [0.15, 0.2) is 84.9 Å². The first-order valence-corrected chi connectivity index (χ1v) is 19.1. The van der Waals surface area contributed by atoms with Gasteiger partial charge in [-0.25, -0.2) is 4.79 Å². The highest BCUT2D eigenvalue weighted by atomic mass is 28.4. The number of carbonyl (C=O) groups excluding carboxylic acids is 1. The van der Waals surface area contributed by atoms with Crippen LogP contribution in [0.25, 0.3) is 0 Å². The van der Waals surface area contributed by atoms with Crippen molar-refractivity contribution in [3.05, 3.63) is 102 Å². The lowest BCUT2D eigenvalue weighted by Gasteiger charge is -2.45. The highest BCUT2D eigenvalue weighted by molar-refractivity contribution is 6.74. The fourth-order valence-corrected chi connectivity index (χ4v) is 5.95. The number of hydrogen-bond donors (Lipinski definition) is 1. The summed E-state index contributed by atoms with van der Waals surface area (Å²) in [5.41, 5.74) is 1.69. The van der Waals surface area contributed by atoms with E-state index in [0.29, 0.717) is 6.61 Å². The Balaban J connectivity index is 2.00.